The van der Waals surface area contributed by atoms with E-state index in [0.29, 0.717) is 17.4 Å². The number of esters is 2. The minimum absolute atomic E-state index is 0.144. The number of rotatable bonds is 52. The predicted octanol–water partition coefficient (Wildman–Crippen LogP) is 15.5. The molecular formula is C62H107NO8. The van der Waals surface area contributed by atoms with Crippen LogP contribution in [0.1, 0.15) is 232 Å². The Morgan fingerprint density at radius 3 is 1.21 bits per heavy atom. The molecule has 2 atom stereocenters. The summed E-state index contributed by atoms with van der Waals surface area (Å²) in [5, 5.41) is 11.7. The molecule has 0 aromatic rings. The summed E-state index contributed by atoms with van der Waals surface area (Å²) in [5.41, 5.74) is 0. The van der Waals surface area contributed by atoms with Crippen LogP contribution in [-0.2, 0) is 33.3 Å². The molecule has 0 spiro atoms. The zero-order valence-electron chi connectivity index (χ0n) is 46.3. The number of aliphatic carboxylic acids is 1. The molecule has 0 bridgehead atoms. The standard InChI is InChI=1S/C62H107NO8/c1-6-8-10-12-14-16-18-20-21-22-23-24-25-26-27-28-29-30-31-32-33-34-35-36-37-38-39-41-43-45-47-49-51-53-60(65)71-58(57-70-62(61(66)67)68-55-54-63(3,4)5)56-69-59(64)52-50-48-46-44-42-40-19-17-15-13-11-9-7-2/h8,10,14,16-17,19-21,23-24,26-27,29-30,58,62H,6-7,9,11-13,15,18,22,25,28,31-57H2,1-5H3/b10-8-,16-14-,19-17-,21-20-,24-23-,27-26-,30-29-. The van der Waals surface area contributed by atoms with Crippen molar-refractivity contribution in [3.05, 3.63) is 85.1 Å². The second kappa shape index (κ2) is 52.8. The van der Waals surface area contributed by atoms with Gasteiger partial charge in [0.1, 0.15) is 13.2 Å². The van der Waals surface area contributed by atoms with E-state index in [9.17, 15) is 19.5 Å². The summed E-state index contributed by atoms with van der Waals surface area (Å²) in [6.45, 7) is 4.60. The van der Waals surface area contributed by atoms with Crippen molar-refractivity contribution in [2.45, 2.75) is 245 Å². The fraction of sp³-hybridized carbons (Fsp3) is 0.726. The summed E-state index contributed by atoms with van der Waals surface area (Å²) in [5.74, 6) is -2.30. The highest BCUT2D eigenvalue weighted by Crippen LogP contribution is 2.15. The molecule has 0 aliphatic carbocycles. The molecule has 0 radical (unpaired) electrons. The molecule has 0 N–H and O–H groups in total. The van der Waals surface area contributed by atoms with E-state index in [0.717, 1.165) is 96.3 Å². The molecule has 0 saturated carbocycles. The Morgan fingerprint density at radius 1 is 0.437 bits per heavy atom. The van der Waals surface area contributed by atoms with E-state index in [1.807, 2.05) is 21.1 Å². The van der Waals surface area contributed by atoms with Crippen LogP contribution >= 0.6 is 0 Å². The average Bonchev–Trinajstić information content (AvgIpc) is 3.34. The van der Waals surface area contributed by atoms with Gasteiger partial charge in [-0.15, -0.1) is 0 Å². The number of carbonyl (C=O) groups excluding carboxylic acids is 3. The van der Waals surface area contributed by atoms with Crippen LogP contribution in [-0.4, -0.2) is 82.3 Å². The minimum atomic E-state index is -1.62. The molecule has 0 aromatic heterocycles. The maximum Gasteiger partial charge on any atom is 0.306 e. The normalized spacial score (nSPS) is 13.4. The summed E-state index contributed by atoms with van der Waals surface area (Å²) in [7, 11) is 5.91. The molecule has 2 unspecified atom stereocenters. The van der Waals surface area contributed by atoms with Crippen LogP contribution in [0.2, 0.25) is 0 Å². The average molecular weight is 995 g/mol. The lowest BCUT2D eigenvalue weighted by molar-refractivity contribution is -0.870. The topological polar surface area (TPSA) is 111 Å². The van der Waals surface area contributed by atoms with Gasteiger partial charge in [0.2, 0.25) is 0 Å². The van der Waals surface area contributed by atoms with E-state index < -0.39 is 24.3 Å². The number of hydrogen-bond acceptors (Lipinski definition) is 8. The molecule has 0 heterocycles. The summed E-state index contributed by atoms with van der Waals surface area (Å²) in [6.07, 6.45) is 66.4. The fourth-order valence-corrected chi connectivity index (χ4v) is 7.71. The number of carbonyl (C=O) groups is 3. The number of hydrogen-bond donors (Lipinski definition) is 0. The number of likely N-dealkylation sites (N-methyl/N-ethyl adjacent to an activating group) is 1. The molecule has 0 amide bonds. The first-order valence-corrected chi connectivity index (χ1v) is 28.7. The lowest BCUT2D eigenvalue weighted by Crippen LogP contribution is -2.44. The van der Waals surface area contributed by atoms with Crippen LogP contribution in [0.15, 0.2) is 85.1 Å². The third kappa shape index (κ3) is 54.1. The first-order chi connectivity index (χ1) is 34.6. The molecule has 71 heavy (non-hydrogen) atoms. The van der Waals surface area contributed by atoms with Gasteiger partial charge in [0.15, 0.2) is 12.4 Å². The molecule has 0 aliphatic heterocycles. The lowest BCUT2D eigenvalue weighted by atomic mass is 10.0. The Morgan fingerprint density at radius 2 is 0.803 bits per heavy atom. The number of carboxylic acids is 1. The monoisotopic (exact) mass is 994 g/mol. The van der Waals surface area contributed by atoms with Crippen LogP contribution < -0.4 is 5.11 Å². The van der Waals surface area contributed by atoms with Gasteiger partial charge < -0.3 is 33.3 Å². The van der Waals surface area contributed by atoms with E-state index in [-0.39, 0.29) is 38.6 Å². The molecule has 9 heteroatoms. The van der Waals surface area contributed by atoms with Crippen LogP contribution in [0, 0.1) is 0 Å². The quantitative estimate of drug-likeness (QED) is 0.0195. The van der Waals surface area contributed by atoms with Crippen LogP contribution in [0.4, 0.5) is 0 Å². The maximum atomic E-state index is 12.8. The highest BCUT2D eigenvalue weighted by atomic mass is 16.7. The van der Waals surface area contributed by atoms with Gasteiger partial charge in [0.05, 0.1) is 40.3 Å². The van der Waals surface area contributed by atoms with E-state index in [4.69, 9.17) is 18.9 Å². The molecule has 0 aromatic carbocycles. The Kier molecular flexibility index (Phi) is 50.2. The van der Waals surface area contributed by atoms with Gasteiger partial charge in [-0.2, -0.15) is 0 Å². The van der Waals surface area contributed by atoms with Crippen molar-refractivity contribution in [3.63, 3.8) is 0 Å². The van der Waals surface area contributed by atoms with Crippen molar-refractivity contribution in [2.24, 2.45) is 0 Å². The number of unbranched alkanes of at least 4 members (excludes halogenated alkanes) is 23. The summed E-state index contributed by atoms with van der Waals surface area (Å²) >= 11 is 0. The number of carboxylic acid groups (broad SMARTS) is 1. The van der Waals surface area contributed by atoms with Crippen molar-refractivity contribution in [1.82, 2.24) is 0 Å². The molecule has 0 saturated heterocycles. The van der Waals surface area contributed by atoms with Gasteiger partial charge >= 0.3 is 11.9 Å². The Balaban J connectivity index is 4.14. The first-order valence-electron chi connectivity index (χ1n) is 28.7. The number of quaternary nitrogens is 1. The zero-order chi connectivity index (χ0) is 52.0. The van der Waals surface area contributed by atoms with Crippen LogP contribution in [0.5, 0.6) is 0 Å². The summed E-state index contributed by atoms with van der Waals surface area (Å²) in [4.78, 5) is 37.2. The van der Waals surface area contributed by atoms with E-state index in [2.05, 4.69) is 98.9 Å². The fourth-order valence-electron chi connectivity index (χ4n) is 7.71. The van der Waals surface area contributed by atoms with Crippen molar-refractivity contribution in [1.29, 1.82) is 0 Å². The number of nitrogens with zero attached hydrogens (tertiary/aromatic N) is 1. The van der Waals surface area contributed by atoms with Gasteiger partial charge in [-0.1, -0.05) is 214 Å². The smallest absolute Gasteiger partial charge is 0.306 e. The maximum absolute atomic E-state index is 12.8. The Hall–Kier alpha value is -3.53. The van der Waals surface area contributed by atoms with Crippen molar-refractivity contribution in [2.75, 3.05) is 47.5 Å². The van der Waals surface area contributed by atoms with Crippen molar-refractivity contribution >= 4 is 17.9 Å². The van der Waals surface area contributed by atoms with Crippen molar-refractivity contribution in [3.8, 4) is 0 Å². The lowest BCUT2D eigenvalue weighted by Gasteiger charge is -2.26. The van der Waals surface area contributed by atoms with E-state index >= 15 is 0 Å². The Bertz CT molecular complexity index is 1440. The zero-order valence-corrected chi connectivity index (χ0v) is 46.3. The van der Waals surface area contributed by atoms with Crippen LogP contribution in [0.3, 0.4) is 0 Å². The molecule has 0 aliphatic rings. The highest BCUT2D eigenvalue weighted by Gasteiger charge is 2.22. The van der Waals surface area contributed by atoms with Crippen LogP contribution in [0.25, 0.3) is 0 Å². The minimum Gasteiger partial charge on any atom is -0.545 e. The second-order valence-electron chi connectivity index (χ2n) is 20.2. The molecule has 0 fully saturated rings. The van der Waals surface area contributed by atoms with Gasteiger partial charge in [0.25, 0.3) is 0 Å². The Labute approximate surface area is 436 Å². The predicted molar refractivity (Wildman–Crippen MR) is 297 cm³/mol. The largest absolute Gasteiger partial charge is 0.545 e. The number of allylic oxidation sites excluding steroid dienone is 14. The van der Waals surface area contributed by atoms with Gasteiger partial charge in [-0.3, -0.25) is 9.59 Å². The van der Waals surface area contributed by atoms with Gasteiger partial charge in [-0.25, -0.2) is 0 Å². The van der Waals surface area contributed by atoms with E-state index in [1.165, 1.54) is 103 Å². The summed E-state index contributed by atoms with van der Waals surface area (Å²) in [6, 6.07) is 0. The molecular weight excluding hydrogens is 887 g/mol. The van der Waals surface area contributed by atoms with Crippen molar-refractivity contribution < 1.29 is 42.9 Å². The molecule has 408 valence electrons. The highest BCUT2D eigenvalue weighted by molar-refractivity contribution is 5.70. The van der Waals surface area contributed by atoms with Gasteiger partial charge in [-0.05, 0) is 89.9 Å². The third-order valence-corrected chi connectivity index (χ3v) is 12.1. The summed E-state index contributed by atoms with van der Waals surface area (Å²) < 4.78 is 22.6. The number of ether oxygens (including phenoxy) is 4. The second-order valence-corrected chi connectivity index (χ2v) is 20.2. The van der Waals surface area contributed by atoms with E-state index in [1.54, 1.807) is 0 Å². The SMILES string of the molecule is CC/C=C\C/C=C\C/C=C\C/C=C\C/C=C\C/C=C\CCCCCCCCCCCCCCCCC(=O)OC(COC(=O)CCCCCCC/C=C\CCCCCC)COC(OCC[N+](C)(C)C)C(=O)[O-]. The first kappa shape index (κ1) is 67.5. The van der Waals surface area contributed by atoms with Gasteiger partial charge in [0, 0.05) is 12.8 Å². The molecule has 9 nitrogen and oxygen atoms in total. The molecule has 0 rings (SSSR count). The third-order valence-electron chi connectivity index (χ3n) is 12.1.